The molecule has 2 aromatic rings. The molecule has 2 aromatic heterocycles. The van der Waals surface area contributed by atoms with E-state index in [1.165, 1.54) is 11.3 Å². The summed E-state index contributed by atoms with van der Waals surface area (Å²) in [4.78, 5) is 1.06. The third-order valence-electron chi connectivity index (χ3n) is 4.45. The van der Waals surface area contributed by atoms with Crippen molar-refractivity contribution in [2.45, 2.75) is 30.6 Å². The number of piperidine rings is 1. The smallest absolute Gasteiger partial charge is 0.106 e. The Morgan fingerprint density at radius 1 is 1.57 bits per heavy atom. The molecule has 0 bridgehead atoms. The molecule has 0 aliphatic carbocycles. The van der Waals surface area contributed by atoms with Gasteiger partial charge in [-0.15, -0.1) is 28.8 Å². The van der Waals surface area contributed by atoms with E-state index in [1.807, 2.05) is 19.3 Å². The van der Waals surface area contributed by atoms with Crippen molar-refractivity contribution in [1.29, 1.82) is 0 Å². The number of rotatable bonds is 1. The molecule has 0 aromatic carbocycles. The Hall–Kier alpha value is -0.700. The van der Waals surface area contributed by atoms with Crippen LogP contribution >= 0.6 is 35.3 Å². The molecule has 126 valence electrons. The van der Waals surface area contributed by atoms with Crippen molar-refractivity contribution in [2.24, 2.45) is 7.05 Å². The molecular formula is C14H18Cl2N4O2S. The number of thiophene rings is 1. The highest BCUT2D eigenvalue weighted by atomic mass is 35.5. The van der Waals surface area contributed by atoms with Crippen LogP contribution in [0.2, 0.25) is 4.34 Å². The first-order chi connectivity index (χ1) is 10.6. The van der Waals surface area contributed by atoms with Crippen LogP contribution in [0.5, 0.6) is 0 Å². The average molecular weight is 377 g/mol. The summed E-state index contributed by atoms with van der Waals surface area (Å²) in [5, 5.41) is 21.9. The van der Waals surface area contributed by atoms with Crippen LogP contribution in [0.1, 0.15) is 41.1 Å². The van der Waals surface area contributed by atoms with Gasteiger partial charge in [0.25, 0.3) is 0 Å². The Bertz CT molecular complexity index is 707. The molecule has 1 fully saturated rings. The van der Waals surface area contributed by atoms with Crippen molar-refractivity contribution >= 4 is 35.3 Å². The van der Waals surface area contributed by atoms with Crippen LogP contribution in [0.15, 0.2) is 12.3 Å². The number of hydrogen-bond donors (Lipinski definition) is 2. The fourth-order valence-electron chi connectivity index (χ4n) is 3.39. The lowest BCUT2D eigenvalue weighted by atomic mass is 9.81. The second kappa shape index (κ2) is 6.31. The second-order valence-electron chi connectivity index (χ2n) is 5.93. The van der Waals surface area contributed by atoms with Gasteiger partial charge in [-0.3, -0.25) is 4.68 Å². The van der Waals surface area contributed by atoms with E-state index in [2.05, 4.69) is 15.6 Å². The largest absolute Gasteiger partial charge is 0.386 e. The summed E-state index contributed by atoms with van der Waals surface area (Å²) in [5.74, 6) is 0. The lowest BCUT2D eigenvalue weighted by Gasteiger charge is -2.44. The van der Waals surface area contributed by atoms with Crippen LogP contribution in [0.25, 0.3) is 0 Å². The topological polar surface area (TPSA) is 72.2 Å². The van der Waals surface area contributed by atoms with Gasteiger partial charge < -0.3 is 15.2 Å². The molecule has 2 aliphatic rings. The summed E-state index contributed by atoms with van der Waals surface area (Å²) in [5.41, 5.74) is 1.45. The molecule has 2 N–H and O–H groups in total. The van der Waals surface area contributed by atoms with Gasteiger partial charge in [-0.2, -0.15) is 0 Å². The van der Waals surface area contributed by atoms with E-state index in [1.54, 1.807) is 4.68 Å². The first kappa shape index (κ1) is 17.1. The molecular weight excluding hydrogens is 359 g/mol. The number of hydrogen-bond acceptors (Lipinski definition) is 6. The minimum absolute atomic E-state index is 0. The maximum absolute atomic E-state index is 10.2. The van der Waals surface area contributed by atoms with Crippen LogP contribution in [-0.2, 0) is 17.4 Å². The number of aliphatic hydroxyl groups excluding tert-OH is 1. The number of aryl methyl sites for hydroxylation is 1. The molecule has 4 rings (SSSR count). The number of halogens is 2. The highest BCUT2D eigenvalue weighted by molar-refractivity contribution is 7.16. The lowest BCUT2D eigenvalue weighted by molar-refractivity contribution is -0.123. The van der Waals surface area contributed by atoms with Gasteiger partial charge in [0.05, 0.1) is 22.7 Å². The molecule has 6 nitrogen and oxygen atoms in total. The number of ether oxygens (including phenoxy) is 1. The maximum atomic E-state index is 10.2. The Balaban J connectivity index is 0.00000156. The number of aromatic nitrogens is 3. The summed E-state index contributed by atoms with van der Waals surface area (Å²) in [6, 6.07) is 1.96. The second-order valence-corrected chi connectivity index (χ2v) is 7.62. The third-order valence-corrected chi connectivity index (χ3v) is 5.92. The van der Waals surface area contributed by atoms with Crippen molar-refractivity contribution < 1.29 is 9.84 Å². The highest BCUT2D eigenvalue weighted by Gasteiger charge is 2.46. The van der Waals surface area contributed by atoms with E-state index in [-0.39, 0.29) is 24.0 Å². The minimum Gasteiger partial charge on any atom is -0.386 e. The molecule has 1 unspecified atom stereocenters. The fourth-order valence-corrected chi connectivity index (χ4v) is 4.87. The zero-order valence-electron chi connectivity index (χ0n) is 12.5. The monoisotopic (exact) mass is 376 g/mol. The van der Waals surface area contributed by atoms with E-state index in [0.29, 0.717) is 10.9 Å². The fraction of sp³-hybridized carbons (Fsp3) is 0.571. The molecule has 4 heterocycles. The van der Waals surface area contributed by atoms with E-state index in [4.69, 9.17) is 16.3 Å². The molecule has 0 amide bonds. The zero-order chi connectivity index (χ0) is 15.3. The predicted octanol–water partition coefficient (Wildman–Crippen LogP) is 2.34. The quantitative estimate of drug-likeness (QED) is 0.798. The average Bonchev–Trinajstić information content (AvgIpc) is 3.11. The Kier molecular flexibility index (Phi) is 4.70. The van der Waals surface area contributed by atoms with Gasteiger partial charge in [0.2, 0.25) is 0 Å². The molecule has 0 saturated carbocycles. The first-order valence-electron chi connectivity index (χ1n) is 7.29. The van der Waals surface area contributed by atoms with Gasteiger partial charge in [0, 0.05) is 30.1 Å². The van der Waals surface area contributed by atoms with E-state index >= 15 is 0 Å². The van der Waals surface area contributed by atoms with E-state index in [0.717, 1.165) is 35.5 Å². The predicted molar refractivity (Wildman–Crippen MR) is 90.1 cm³/mol. The molecule has 9 heteroatoms. The minimum atomic E-state index is -0.589. The normalized spacial score (nSPS) is 30.0. The van der Waals surface area contributed by atoms with Crippen LogP contribution in [-0.4, -0.2) is 33.3 Å². The first-order valence-corrected chi connectivity index (χ1v) is 8.48. The summed E-state index contributed by atoms with van der Waals surface area (Å²) < 4.78 is 8.53. The lowest BCUT2D eigenvalue weighted by Crippen LogP contribution is -2.46. The molecule has 0 radical (unpaired) electrons. The van der Waals surface area contributed by atoms with Crippen LogP contribution in [0.4, 0.5) is 0 Å². The van der Waals surface area contributed by atoms with E-state index < -0.39 is 6.10 Å². The van der Waals surface area contributed by atoms with Gasteiger partial charge >= 0.3 is 0 Å². The highest BCUT2D eigenvalue weighted by Crippen LogP contribution is 2.50. The zero-order valence-corrected chi connectivity index (χ0v) is 14.9. The number of fused-ring (bicyclic) bond motifs is 2. The Labute approximate surface area is 149 Å². The number of nitrogens with zero attached hydrogens (tertiary/aromatic N) is 3. The Morgan fingerprint density at radius 3 is 3.13 bits per heavy atom. The van der Waals surface area contributed by atoms with Gasteiger partial charge in [-0.05, 0) is 19.0 Å². The van der Waals surface area contributed by atoms with Crippen LogP contribution < -0.4 is 5.32 Å². The van der Waals surface area contributed by atoms with Crippen molar-refractivity contribution in [3.63, 3.8) is 0 Å². The summed E-state index contributed by atoms with van der Waals surface area (Å²) in [6.45, 7) is 1.14. The SMILES string of the molecule is Cl.Cn1cc([C@@H]2C[C@]3(CCN2)OCC(O)c2cc(Cl)sc23)nn1. The van der Waals surface area contributed by atoms with Gasteiger partial charge in [-0.25, -0.2) is 0 Å². The summed E-state index contributed by atoms with van der Waals surface area (Å²) in [7, 11) is 1.86. The molecule has 1 spiro atoms. The number of aliphatic hydroxyl groups is 1. The maximum Gasteiger partial charge on any atom is 0.106 e. The summed E-state index contributed by atoms with van der Waals surface area (Å²) >= 11 is 7.70. The number of nitrogens with one attached hydrogen (secondary N) is 1. The van der Waals surface area contributed by atoms with Crippen molar-refractivity contribution in [3.05, 3.63) is 32.7 Å². The standard InChI is InChI=1S/C14H17ClN4O2S.ClH/c1-19-6-10(17-18-19)9-5-14(2-3-16-9)13-8(4-12(15)22-13)11(20)7-21-14;/h4,6,9,11,16,20H,2-3,5,7H2,1H3;1H/t9-,11?,14-;/m0./s1. The van der Waals surface area contributed by atoms with Gasteiger partial charge in [0.1, 0.15) is 11.7 Å². The third kappa shape index (κ3) is 2.90. The summed E-state index contributed by atoms with van der Waals surface area (Å²) in [6.07, 6.45) is 2.97. The van der Waals surface area contributed by atoms with Crippen LogP contribution in [0, 0.1) is 0 Å². The van der Waals surface area contributed by atoms with Gasteiger partial charge in [0.15, 0.2) is 0 Å². The van der Waals surface area contributed by atoms with E-state index in [9.17, 15) is 5.11 Å². The molecule has 3 atom stereocenters. The van der Waals surface area contributed by atoms with Crippen LogP contribution in [0.3, 0.4) is 0 Å². The van der Waals surface area contributed by atoms with Crippen molar-refractivity contribution in [2.75, 3.05) is 13.2 Å². The molecule has 2 aliphatic heterocycles. The van der Waals surface area contributed by atoms with Crippen molar-refractivity contribution in [3.8, 4) is 0 Å². The molecule has 1 saturated heterocycles. The Morgan fingerprint density at radius 2 is 2.39 bits per heavy atom. The van der Waals surface area contributed by atoms with Crippen molar-refractivity contribution in [1.82, 2.24) is 20.3 Å². The molecule has 23 heavy (non-hydrogen) atoms. The van der Waals surface area contributed by atoms with Gasteiger partial charge in [-0.1, -0.05) is 16.8 Å².